The molecule has 12 nitrogen and oxygen atoms in total. The summed E-state index contributed by atoms with van der Waals surface area (Å²) >= 11 is 0. The van der Waals surface area contributed by atoms with Crippen LogP contribution in [0.25, 0.3) is 0 Å². The van der Waals surface area contributed by atoms with Gasteiger partial charge in [-0.1, -0.05) is 210 Å². The van der Waals surface area contributed by atoms with Gasteiger partial charge >= 0.3 is 11.9 Å². The molecule has 0 saturated carbocycles. The number of phosphoric acid groups is 1. The molecule has 0 aliphatic heterocycles. The number of carbonyl (C=O) groups excluding carboxylic acids is 2. The molecule has 1 unspecified atom stereocenters. The number of hydrogen-bond acceptors (Lipinski definition) is 11. The Morgan fingerprint density at radius 3 is 1.51 bits per heavy atom. The average Bonchev–Trinajstić information content (AvgIpc) is 3.25. The number of aliphatic hydroxyl groups is 3. The number of ether oxygens (including phenoxy) is 2. The summed E-state index contributed by atoms with van der Waals surface area (Å²) in [6.07, 6.45) is 40.8. The molecule has 0 aromatic heterocycles. The largest absolute Gasteiger partial charge is 0.756 e. The highest BCUT2D eigenvalue weighted by atomic mass is 31.2. The summed E-state index contributed by atoms with van der Waals surface area (Å²) in [5.74, 6) is -1.16. The molecule has 380 valence electrons. The van der Waals surface area contributed by atoms with Gasteiger partial charge in [-0.2, -0.15) is 0 Å². The lowest BCUT2D eigenvalue weighted by molar-refractivity contribution is -0.870. The van der Waals surface area contributed by atoms with Gasteiger partial charge in [0.15, 0.2) is 6.10 Å². The van der Waals surface area contributed by atoms with Crippen LogP contribution in [-0.2, 0) is 32.7 Å². The van der Waals surface area contributed by atoms with Gasteiger partial charge < -0.3 is 43.2 Å². The zero-order chi connectivity index (χ0) is 48.3. The van der Waals surface area contributed by atoms with Crippen molar-refractivity contribution < 1.29 is 57.4 Å². The summed E-state index contributed by atoms with van der Waals surface area (Å²) in [6, 6.07) is 0. The molecular formula is C52H96NO11P. The molecule has 0 fully saturated rings. The van der Waals surface area contributed by atoms with Gasteiger partial charge in [-0.05, 0) is 25.7 Å². The number of aliphatic hydroxyl groups excluding tert-OH is 3. The van der Waals surface area contributed by atoms with Gasteiger partial charge in [-0.15, -0.1) is 0 Å². The highest BCUT2D eigenvalue weighted by Gasteiger charge is 2.22. The standard InChI is InChI=1S/C52H96NO11P/c1-6-8-10-11-12-13-14-15-16-17-18-19-20-21-22-23-24-25-26-31-35-41-51(57)61-45-48(46-63-65(59,60)62-44-43-53(3,4)5)64-52(58)42-36-40-50(56)49(55)39-34-30-28-27-29-33-38-47(54)37-32-9-7-2/h27-30,33-34,38-39,47-50,54-56H,6-26,31-32,35-37,40-46H2,1-5H3/b29-27-,30-28+,38-33+,39-34+/t47-,48+,49-,50-/m0/s1. The van der Waals surface area contributed by atoms with Crippen LogP contribution in [-0.4, -0.2) is 104 Å². The van der Waals surface area contributed by atoms with E-state index in [1.165, 1.54) is 115 Å². The number of rotatable bonds is 46. The van der Waals surface area contributed by atoms with Gasteiger partial charge in [0, 0.05) is 12.8 Å². The minimum atomic E-state index is -4.73. The molecule has 13 heteroatoms. The summed E-state index contributed by atoms with van der Waals surface area (Å²) in [4.78, 5) is 37.8. The first-order valence-corrected chi connectivity index (χ1v) is 27.1. The van der Waals surface area contributed by atoms with Crippen LogP contribution in [0, 0.1) is 0 Å². The summed E-state index contributed by atoms with van der Waals surface area (Å²) in [5.41, 5.74) is 0. The molecule has 0 aliphatic carbocycles. The van der Waals surface area contributed by atoms with Crippen LogP contribution < -0.4 is 4.89 Å². The molecule has 0 aliphatic rings. The van der Waals surface area contributed by atoms with Crippen LogP contribution >= 0.6 is 7.82 Å². The fraction of sp³-hybridized carbons (Fsp3) is 0.808. The van der Waals surface area contributed by atoms with E-state index in [9.17, 15) is 34.4 Å². The molecule has 0 amide bonds. The minimum absolute atomic E-state index is 0.0946. The summed E-state index contributed by atoms with van der Waals surface area (Å²) in [6.45, 7) is 3.75. The van der Waals surface area contributed by atoms with Crippen molar-refractivity contribution in [2.24, 2.45) is 0 Å². The molecular weight excluding hydrogens is 846 g/mol. The van der Waals surface area contributed by atoms with E-state index in [1.807, 2.05) is 21.1 Å². The van der Waals surface area contributed by atoms with Gasteiger partial charge in [0.05, 0.1) is 46.1 Å². The van der Waals surface area contributed by atoms with E-state index < -0.39 is 50.8 Å². The van der Waals surface area contributed by atoms with Gasteiger partial charge in [0.25, 0.3) is 7.82 Å². The van der Waals surface area contributed by atoms with Gasteiger partial charge in [-0.25, -0.2) is 0 Å². The molecule has 0 heterocycles. The summed E-state index contributed by atoms with van der Waals surface area (Å²) in [7, 11) is 0.952. The third-order valence-electron chi connectivity index (χ3n) is 11.2. The molecule has 0 bridgehead atoms. The maximum Gasteiger partial charge on any atom is 0.306 e. The van der Waals surface area contributed by atoms with E-state index in [1.54, 1.807) is 42.5 Å². The second kappa shape index (κ2) is 43.2. The third kappa shape index (κ3) is 45.4. The van der Waals surface area contributed by atoms with Crippen LogP contribution in [0.4, 0.5) is 0 Å². The van der Waals surface area contributed by atoms with Crippen molar-refractivity contribution >= 4 is 19.8 Å². The van der Waals surface area contributed by atoms with Crippen molar-refractivity contribution in [2.45, 2.75) is 224 Å². The number of phosphoric ester groups is 1. The Bertz CT molecular complexity index is 1300. The Morgan fingerprint density at radius 1 is 0.554 bits per heavy atom. The summed E-state index contributed by atoms with van der Waals surface area (Å²) < 4.78 is 33.7. The molecule has 65 heavy (non-hydrogen) atoms. The first kappa shape index (κ1) is 62.8. The smallest absolute Gasteiger partial charge is 0.306 e. The first-order chi connectivity index (χ1) is 31.2. The van der Waals surface area contributed by atoms with Crippen molar-refractivity contribution in [2.75, 3.05) is 47.5 Å². The van der Waals surface area contributed by atoms with E-state index in [0.29, 0.717) is 17.4 Å². The van der Waals surface area contributed by atoms with Crippen LogP contribution in [0.2, 0.25) is 0 Å². The SMILES string of the molecule is CCCCCCCCCCCCCCCCCCCCCCCC(=O)OC[C@H](COP(=O)([O-])OCC[N+](C)(C)C)OC(=O)CCC[C@H](O)[C@@H](O)/C=C/C=C/C=C\C=C\[C@@H](O)CCCCC. The minimum Gasteiger partial charge on any atom is -0.756 e. The lowest BCUT2D eigenvalue weighted by Gasteiger charge is -2.28. The maximum absolute atomic E-state index is 12.8. The fourth-order valence-electron chi connectivity index (χ4n) is 7.04. The molecule has 3 N–H and O–H groups in total. The predicted molar refractivity (Wildman–Crippen MR) is 263 cm³/mol. The Balaban J connectivity index is 4.51. The molecule has 0 radical (unpaired) electrons. The van der Waals surface area contributed by atoms with Gasteiger partial charge in [0.1, 0.15) is 19.8 Å². The average molecular weight is 942 g/mol. The van der Waals surface area contributed by atoms with Crippen molar-refractivity contribution in [3.8, 4) is 0 Å². The maximum atomic E-state index is 12.8. The second-order valence-electron chi connectivity index (χ2n) is 18.8. The Labute approximate surface area is 396 Å². The fourth-order valence-corrected chi connectivity index (χ4v) is 7.77. The number of hydrogen-bond donors (Lipinski definition) is 3. The topological polar surface area (TPSA) is 172 Å². The van der Waals surface area contributed by atoms with E-state index in [-0.39, 0.29) is 38.9 Å². The molecule has 0 spiro atoms. The van der Waals surface area contributed by atoms with E-state index in [2.05, 4.69) is 13.8 Å². The van der Waals surface area contributed by atoms with E-state index >= 15 is 0 Å². The van der Waals surface area contributed by atoms with Crippen molar-refractivity contribution in [1.29, 1.82) is 0 Å². The highest BCUT2D eigenvalue weighted by Crippen LogP contribution is 2.38. The molecule has 0 saturated heterocycles. The molecule has 0 aromatic carbocycles. The van der Waals surface area contributed by atoms with E-state index in [4.69, 9.17) is 18.5 Å². The van der Waals surface area contributed by atoms with Crippen LogP contribution in [0.1, 0.15) is 200 Å². The van der Waals surface area contributed by atoms with Crippen molar-refractivity contribution in [1.82, 2.24) is 0 Å². The van der Waals surface area contributed by atoms with Gasteiger partial charge in [0.2, 0.25) is 0 Å². The second-order valence-corrected chi connectivity index (χ2v) is 20.2. The number of unbranched alkanes of at least 4 members (excludes halogenated alkanes) is 22. The first-order valence-electron chi connectivity index (χ1n) is 25.7. The number of esters is 2. The quantitative estimate of drug-likeness (QED) is 0.0174. The summed E-state index contributed by atoms with van der Waals surface area (Å²) in [5, 5.41) is 30.6. The number of likely N-dealkylation sites (N-methyl/N-ethyl adjacent to an activating group) is 1. The number of carbonyl (C=O) groups is 2. The Hall–Kier alpha value is -2.15. The lowest BCUT2D eigenvalue weighted by Crippen LogP contribution is -2.37. The van der Waals surface area contributed by atoms with E-state index in [0.717, 1.165) is 44.9 Å². The normalized spacial score (nSPS) is 15.3. The number of quaternary nitrogens is 1. The van der Waals surface area contributed by atoms with Crippen molar-refractivity contribution in [3.63, 3.8) is 0 Å². The molecule has 0 rings (SSSR count). The lowest BCUT2D eigenvalue weighted by atomic mass is 10.0. The van der Waals surface area contributed by atoms with Crippen molar-refractivity contribution in [3.05, 3.63) is 48.6 Å². The number of allylic oxidation sites excluding steroid dienone is 6. The van der Waals surface area contributed by atoms with Gasteiger partial charge in [-0.3, -0.25) is 14.2 Å². The Kier molecular flexibility index (Phi) is 41.7. The third-order valence-corrected chi connectivity index (χ3v) is 12.2. The predicted octanol–water partition coefficient (Wildman–Crippen LogP) is 11.3. The highest BCUT2D eigenvalue weighted by molar-refractivity contribution is 7.45. The zero-order valence-electron chi connectivity index (χ0n) is 41.8. The molecule has 0 aromatic rings. The Morgan fingerprint density at radius 2 is 1.00 bits per heavy atom. The number of nitrogens with zero attached hydrogens (tertiary/aromatic N) is 1. The molecule has 5 atom stereocenters. The zero-order valence-corrected chi connectivity index (χ0v) is 42.7. The van der Waals surface area contributed by atoms with Crippen LogP contribution in [0.15, 0.2) is 48.6 Å². The van der Waals surface area contributed by atoms with Crippen LogP contribution in [0.3, 0.4) is 0 Å². The monoisotopic (exact) mass is 942 g/mol. The van der Waals surface area contributed by atoms with Crippen LogP contribution in [0.5, 0.6) is 0 Å².